The van der Waals surface area contributed by atoms with Crippen LogP contribution >= 0.6 is 28.3 Å². The molecular formula is C12H18BrClN2O. The van der Waals surface area contributed by atoms with E-state index in [4.69, 9.17) is 5.73 Å². The zero-order chi connectivity index (χ0) is 12.2. The SMILES string of the molecule is CC(C)(N)CNC(=O)Cc1ccc(Br)cc1.Cl. The van der Waals surface area contributed by atoms with Crippen molar-refractivity contribution in [1.29, 1.82) is 0 Å². The van der Waals surface area contributed by atoms with Gasteiger partial charge in [-0.15, -0.1) is 12.4 Å². The van der Waals surface area contributed by atoms with Crippen LogP contribution in [0.4, 0.5) is 0 Å². The first-order valence-electron chi connectivity index (χ1n) is 5.17. The maximum Gasteiger partial charge on any atom is 0.224 e. The fraction of sp³-hybridized carbons (Fsp3) is 0.417. The van der Waals surface area contributed by atoms with Crippen LogP contribution in [0.2, 0.25) is 0 Å². The van der Waals surface area contributed by atoms with Crippen molar-refractivity contribution >= 4 is 34.2 Å². The molecular weight excluding hydrogens is 304 g/mol. The predicted molar refractivity (Wildman–Crippen MR) is 76.4 cm³/mol. The van der Waals surface area contributed by atoms with Crippen molar-refractivity contribution in [2.75, 3.05) is 6.54 Å². The molecule has 5 heteroatoms. The van der Waals surface area contributed by atoms with Crippen LogP contribution in [0.5, 0.6) is 0 Å². The summed E-state index contributed by atoms with van der Waals surface area (Å²) in [5, 5.41) is 2.81. The van der Waals surface area contributed by atoms with E-state index in [1.165, 1.54) is 0 Å². The molecule has 0 radical (unpaired) electrons. The number of nitrogens with one attached hydrogen (secondary N) is 1. The quantitative estimate of drug-likeness (QED) is 0.894. The van der Waals surface area contributed by atoms with Crippen LogP contribution in [0, 0.1) is 0 Å². The fourth-order valence-corrected chi connectivity index (χ4v) is 1.44. The summed E-state index contributed by atoms with van der Waals surface area (Å²) in [7, 11) is 0. The maximum absolute atomic E-state index is 11.6. The predicted octanol–water partition coefficient (Wildman–Crippen LogP) is 2.27. The molecule has 0 fully saturated rings. The van der Waals surface area contributed by atoms with Gasteiger partial charge in [0, 0.05) is 16.6 Å². The molecule has 0 aliphatic rings. The van der Waals surface area contributed by atoms with Gasteiger partial charge in [0.05, 0.1) is 6.42 Å². The topological polar surface area (TPSA) is 55.1 Å². The average Bonchev–Trinajstić information content (AvgIpc) is 2.18. The first-order chi connectivity index (χ1) is 7.37. The van der Waals surface area contributed by atoms with Gasteiger partial charge >= 0.3 is 0 Å². The van der Waals surface area contributed by atoms with Crippen LogP contribution < -0.4 is 11.1 Å². The lowest BCUT2D eigenvalue weighted by Gasteiger charge is -2.18. The molecule has 96 valence electrons. The normalized spacial score (nSPS) is 10.6. The summed E-state index contributed by atoms with van der Waals surface area (Å²) >= 11 is 3.35. The average molecular weight is 322 g/mol. The molecule has 0 aromatic heterocycles. The second kappa shape index (κ2) is 6.99. The minimum absolute atomic E-state index is 0. The highest BCUT2D eigenvalue weighted by Gasteiger charge is 2.12. The minimum atomic E-state index is -0.366. The van der Waals surface area contributed by atoms with Crippen molar-refractivity contribution in [2.45, 2.75) is 25.8 Å². The van der Waals surface area contributed by atoms with E-state index in [0.29, 0.717) is 13.0 Å². The highest BCUT2D eigenvalue weighted by molar-refractivity contribution is 9.10. The molecule has 0 heterocycles. The Morgan fingerprint density at radius 2 is 1.88 bits per heavy atom. The Bertz CT molecular complexity index is 360. The van der Waals surface area contributed by atoms with Crippen LogP contribution in [-0.2, 0) is 11.2 Å². The van der Waals surface area contributed by atoms with Crippen molar-refractivity contribution in [3.63, 3.8) is 0 Å². The first kappa shape index (κ1) is 16.4. The Kier molecular flexibility index (Phi) is 6.75. The molecule has 0 saturated carbocycles. The lowest BCUT2D eigenvalue weighted by Crippen LogP contribution is -2.45. The molecule has 1 rings (SSSR count). The van der Waals surface area contributed by atoms with Crippen LogP contribution in [0.3, 0.4) is 0 Å². The minimum Gasteiger partial charge on any atom is -0.354 e. The van der Waals surface area contributed by atoms with Crippen LogP contribution in [0.1, 0.15) is 19.4 Å². The van der Waals surface area contributed by atoms with Gasteiger partial charge in [-0.3, -0.25) is 4.79 Å². The smallest absolute Gasteiger partial charge is 0.224 e. The second-order valence-electron chi connectivity index (χ2n) is 4.57. The summed E-state index contributed by atoms with van der Waals surface area (Å²) in [6.07, 6.45) is 0.392. The Labute approximate surface area is 117 Å². The van der Waals surface area contributed by atoms with E-state index < -0.39 is 0 Å². The summed E-state index contributed by atoms with van der Waals surface area (Å²) in [5.41, 5.74) is 6.41. The molecule has 3 N–H and O–H groups in total. The van der Waals surface area contributed by atoms with Gasteiger partial charge in [0.1, 0.15) is 0 Å². The molecule has 0 aliphatic heterocycles. The van der Waals surface area contributed by atoms with E-state index >= 15 is 0 Å². The zero-order valence-electron chi connectivity index (χ0n) is 10.00. The molecule has 0 spiro atoms. The van der Waals surface area contributed by atoms with Gasteiger partial charge in [-0.2, -0.15) is 0 Å². The van der Waals surface area contributed by atoms with Crippen LogP contribution in [0.25, 0.3) is 0 Å². The van der Waals surface area contributed by atoms with Gasteiger partial charge in [0.15, 0.2) is 0 Å². The highest BCUT2D eigenvalue weighted by atomic mass is 79.9. The summed E-state index contributed by atoms with van der Waals surface area (Å²) in [5.74, 6) is 0.000785. The van der Waals surface area contributed by atoms with E-state index in [1.54, 1.807) is 0 Å². The Morgan fingerprint density at radius 1 is 1.35 bits per heavy atom. The number of halogens is 2. The molecule has 0 saturated heterocycles. The molecule has 0 unspecified atom stereocenters. The number of carbonyl (C=O) groups excluding carboxylic acids is 1. The van der Waals surface area contributed by atoms with Gasteiger partial charge in [-0.1, -0.05) is 28.1 Å². The molecule has 17 heavy (non-hydrogen) atoms. The van der Waals surface area contributed by atoms with Crippen molar-refractivity contribution in [2.24, 2.45) is 5.73 Å². The number of nitrogens with two attached hydrogens (primary N) is 1. The first-order valence-corrected chi connectivity index (χ1v) is 5.96. The van der Waals surface area contributed by atoms with Crippen molar-refractivity contribution in [1.82, 2.24) is 5.32 Å². The van der Waals surface area contributed by atoms with Gasteiger partial charge in [0.2, 0.25) is 5.91 Å². The third kappa shape index (κ3) is 7.36. The zero-order valence-corrected chi connectivity index (χ0v) is 12.4. The highest BCUT2D eigenvalue weighted by Crippen LogP contribution is 2.10. The maximum atomic E-state index is 11.6. The van der Waals surface area contributed by atoms with E-state index in [-0.39, 0.29) is 23.9 Å². The van der Waals surface area contributed by atoms with E-state index in [2.05, 4.69) is 21.2 Å². The molecule has 1 amide bonds. The lowest BCUT2D eigenvalue weighted by molar-refractivity contribution is -0.120. The Morgan fingerprint density at radius 3 is 2.35 bits per heavy atom. The summed E-state index contributed by atoms with van der Waals surface area (Å²) < 4.78 is 1.01. The summed E-state index contributed by atoms with van der Waals surface area (Å²) in [4.78, 5) is 11.6. The number of hydrogen-bond donors (Lipinski definition) is 2. The fourth-order valence-electron chi connectivity index (χ4n) is 1.18. The number of carbonyl (C=O) groups is 1. The molecule has 0 atom stereocenters. The molecule has 0 aliphatic carbocycles. The third-order valence-electron chi connectivity index (χ3n) is 2.02. The number of rotatable bonds is 4. The lowest BCUT2D eigenvalue weighted by atomic mass is 10.1. The summed E-state index contributed by atoms with van der Waals surface area (Å²) in [6, 6.07) is 7.71. The van der Waals surface area contributed by atoms with Crippen molar-refractivity contribution < 1.29 is 4.79 Å². The molecule has 1 aromatic carbocycles. The number of benzene rings is 1. The largest absolute Gasteiger partial charge is 0.354 e. The summed E-state index contributed by atoms with van der Waals surface area (Å²) in [6.45, 7) is 4.25. The standard InChI is InChI=1S/C12H17BrN2O.ClH/c1-12(2,14)8-15-11(16)7-9-3-5-10(13)6-4-9;/h3-6H,7-8,14H2,1-2H3,(H,15,16);1H. The van der Waals surface area contributed by atoms with E-state index in [9.17, 15) is 4.79 Å². The number of hydrogen-bond acceptors (Lipinski definition) is 2. The van der Waals surface area contributed by atoms with Crippen LogP contribution in [0.15, 0.2) is 28.7 Å². The van der Waals surface area contributed by atoms with Gasteiger partial charge in [-0.25, -0.2) is 0 Å². The van der Waals surface area contributed by atoms with Crippen LogP contribution in [-0.4, -0.2) is 18.0 Å². The van der Waals surface area contributed by atoms with Gasteiger partial charge < -0.3 is 11.1 Å². The van der Waals surface area contributed by atoms with Crippen molar-refractivity contribution in [3.05, 3.63) is 34.3 Å². The molecule has 1 aromatic rings. The Balaban J connectivity index is 0.00000256. The van der Waals surface area contributed by atoms with Crippen molar-refractivity contribution in [3.8, 4) is 0 Å². The third-order valence-corrected chi connectivity index (χ3v) is 2.55. The monoisotopic (exact) mass is 320 g/mol. The molecule has 3 nitrogen and oxygen atoms in total. The molecule has 0 bridgehead atoms. The Hall–Kier alpha value is -0.580. The van der Waals surface area contributed by atoms with E-state index in [1.807, 2.05) is 38.1 Å². The van der Waals surface area contributed by atoms with E-state index in [0.717, 1.165) is 10.0 Å². The second-order valence-corrected chi connectivity index (χ2v) is 5.48. The number of amides is 1. The van der Waals surface area contributed by atoms with Gasteiger partial charge in [-0.05, 0) is 31.5 Å². The van der Waals surface area contributed by atoms with Gasteiger partial charge in [0.25, 0.3) is 0 Å².